The number of para-hydroxylation sites is 1. The van der Waals surface area contributed by atoms with Crippen molar-refractivity contribution in [2.24, 2.45) is 7.05 Å². The molecule has 0 bridgehead atoms. The molecule has 0 fully saturated rings. The van der Waals surface area contributed by atoms with E-state index in [9.17, 15) is 9.59 Å². The summed E-state index contributed by atoms with van der Waals surface area (Å²) in [5.41, 5.74) is 2.66. The number of hydrogen-bond donors (Lipinski definition) is 1. The highest BCUT2D eigenvalue weighted by Crippen LogP contribution is 2.18. The molecular formula is C22H23N3O3. The Morgan fingerprint density at radius 2 is 1.86 bits per heavy atom. The number of carbonyl (C=O) groups is 1. The lowest BCUT2D eigenvalue weighted by Gasteiger charge is -2.08. The van der Waals surface area contributed by atoms with Gasteiger partial charge in [0.1, 0.15) is 18.0 Å². The molecule has 0 radical (unpaired) electrons. The van der Waals surface area contributed by atoms with E-state index in [0.717, 1.165) is 11.3 Å². The van der Waals surface area contributed by atoms with Crippen LogP contribution in [0.2, 0.25) is 0 Å². The maximum absolute atomic E-state index is 12.9. The van der Waals surface area contributed by atoms with Crippen LogP contribution in [0.4, 0.5) is 5.69 Å². The fourth-order valence-electron chi connectivity index (χ4n) is 2.83. The Labute approximate surface area is 163 Å². The Balaban J connectivity index is 1.88. The average Bonchev–Trinajstić information content (AvgIpc) is 2.90. The number of hydrogen-bond acceptors (Lipinski definition) is 3. The molecule has 0 aliphatic carbocycles. The predicted molar refractivity (Wildman–Crippen MR) is 110 cm³/mol. The van der Waals surface area contributed by atoms with E-state index in [2.05, 4.69) is 11.9 Å². The molecule has 0 aliphatic rings. The molecule has 1 amide bonds. The second-order valence-electron chi connectivity index (χ2n) is 6.66. The highest BCUT2D eigenvalue weighted by molar-refractivity contribution is 6.04. The zero-order chi connectivity index (χ0) is 20.3. The molecule has 1 N–H and O–H groups in total. The third-order valence-electron chi connectivity index (χ3n) is 4.37. The van der Waals surface area contributed by atoms with E-state index in [1.165, 1.54) is 4.68 Å². The van der Waals surface area contributed by atoms with Crippen LogP contribution < -0.4 is 15.6 Å². The average molecular weight is 377 g/mol. The highest BCUT2D eigenvalue weighted by atomic mass is 16.5. The molecule has 3 aromatic rings. The van der Waals surface area contributed by atoms with Crippen molar-refractivity contribution in [1.29, 1.82) is 0 Å². The molecule has 6 heteroatoms. The van der Waals surface area contributed by atoms with Gasteiger partial charge in [0.15, 0.2) is 0 Å². The summed E-state index contributed by atoms with van der Waals surface area (Å²) in [4.78, 5) is 25.6. The molecule has 0 spiro atoms. The Bertz CT molecular complexity index is 1080. The third kappa shape index (κ3) is 3.91. The summed E-state index contributed by atoms with van der Waals surface area (Å²) in [7, 11) is 1.78. The second-order valence-corrected chi connectivity index (χ2v) is 6.66. The van der Waals surface area contributed by atoms with Crippen LogP contribution in [0.25, 0.3) is 5.69 Å². The van der Waals surface area contributed by atoms with Gasteiger partial charge in [-0.1, -0.05) is 30.8 Å². The number of benzene rings is 2. The first-order valence-corrected chi connectivity index (χ1v) is 8.91. The zero-order valence-electron chi connectivity index (χ0n) is 16.2. The van der Waals surface area contributed by atoms with Crippen LogP contribution in [-0.2, 0) is 7.05 Å². The molecule has 3 rings (SSSR count). The van der Waals surface area contributed by atoms with Crippen LogP contribution in [0, 0.1) is 6.92 Å². The fraction of sp³-hybridized carbons (Fsp3) is 0.182. The third-order valence-corrected chi connectivity index (χ3v) is 4.37. The summed E-state index contributed by atoms with van der Waals surface area (Å²) in [5.74, 6) is 0.203. The summed E-state index contributed by atoms with van der Waals surface area (Å²) in [5, 5.41) is 2.75. The number of carbonyl (C=O) groups excluding carboxylic acids is 1. The zero-order valence-corrected chi connectivity index (χ0v) is 16.2. The number of aromatic nitrogens is 2. The van der Waals surface area contributed by atoms with Crippen LogP contribution in [0.15, 0.2) is 71.5 Å². The normalized spacial score (nSPS) is 10.5. The first kappa shape index (κ1) is 19.2. The smallest absolute Gasteiger partial charge is 0.295 e. The van der Waals surface area contributed by atoms with Crippen molar-refractivity contribution in [3.05, 3.63) is 88.4 Å². The maximum Gasteiger partial charge on any atom is 0.295 e. The van der Waals surface area contributed by atoms with Crippen molar-refractivity contribution in [2.45, 2.75) is 13.8 Å². The molecule has 0 aliphatic heterocycles. The van der Waals surface area contributed by atoms with Crippen LogP contribution in [0.3, 0.4) is 0 Å². The minimum Gasteiger partial charge on any atom is -0.489 e. The summed E-state index contributed by atoms with van der Waals surface area (Å²) in [6, 6.07) is 16.1. The minimum atomic E-state index is -0.369. The number of amides is 1. The van der Waals surface area contributed by atoms with Gasteiger partial charge in [0, 0.05) is 12.6 Å². The monoisotopic (exact) mass is 377 g/mol. The van der Waals surface area contributed by atoms with Crippen LogP contribution in [0.5, 0.6) is 5.75 Å². The van der Waals surface area contributed by atoms with E-state index in [-0.39, 0.29) is 17.2 Å². The largest absolute Gasteiger partial charge is 0.489 e. The van der Waals surface area contributed by atoms with Gasteiger partial charge in [-0.2, -0.15) is 0 Å². The molecule has 1 heterocycles. The van der Waals surface area contributed by atoms with Gasteiger partial charge >= 0.3 is 0 Å². The van der Waals surface area contributed by atoms with Crippen LogP contribution >= 0.6 is 0 Å². The predicted octanol–water partition coefficient (Wildman–Crippen LogP) is 3.69. The molecule has 6 nitrogen and oxygen atoms in total. The van der Waals surface area contributed by atoms with Crippen LogP contribution in [-0.4, -0.2) is 21.9 Å². The molecule has 0 unspecified atom stereocenters. The van der Waals surface area contributed by atoms with Crippen molar-refractivity contribution in [2.75, 3.05) is 11.9 Å². The lowest BCUT2D eigenvalue weighted by molar-refractivity contribution is 0.102. The summed E-state index contributed by atoms with van der Waals surface area (Å²) >= 11 is 0. The SMILES string of the molecule is C=C(C)COc1cccc(C(=O)Nc2c(C)n(C)n(-c3ccccc3)c2=O)c1. The summed E-state index contributed by atoms with van der Waals surface area (Å²) in [6.45, 7) is 7.84. The van der Waals surface area contributed by atoms with Gasteiger partial charge in [0.2, 0.25) is 0 Å². The van der Waals surface area contributed by atoms with Gasteiger partial charge in [0.05, 0.1) is 11.4 Å². The molecule has 2 aromatic carbocycles. The minimum absolute atomic E-state index is 0.254. The number of nitrogens with zero attached hydrogens (tertiary/aromatic N) is 2. The summed E-state index contributed by atoms with van der Waals surface area (Å²) in [6.07, 6.45) is 0. The molecule has 0 atom stereocenters. The Kier molecular flexibility index (Phi) is 5.49. The van der Waals surface area contributed by atoms with Crippen molar-refractivity contribution in [3.63, 3.8) is 0 Å². The number of nitrogens with one attached hydrogen (secondary N) is 1. The molecule has 0 saturated heterocycles. The van der Waals surface area contributed by atoms with Gasteiger partial charge in [-0.25, -0.2) is 4.68 Å². The lowest BCUT2D eigenvalue weighted by atomic mass is 10.2. The van der Waals surface area contributed by atoms with Crippen molar-refractivity contribution >= 4 is 11.6 Å². The van der Waals surface area contributed by atoms with Gasteiger partial charge < -0.3 is 10.1 Å². The quantitative estimate of drug-likeness (QED) is 0.666. The standard InChI is InChI=1S/C22H23N3O3/c1-15(2)14-28-19-12-8-9-17(13-19)21(26)23-20-16(3)24(4)25(22(20)27)18-10-6-5-7-11-18/h5-13H,1,14H2,2-4H3,(H,23,26). The number of rotatable bonds is 6. The molecule has 144 valence electrons. The maximum atomic E-state index is 12.9. The van der Waals surface area contributed by atoms with Gasteiger partial charge in [-0.15, -0.1) is 0 Å². The first-order chi connectivity index (χ1) is 13.4. The first-order valence-electron chi connectivity index (χ1n) is 8.91. The van der Waals surface area contributed by atoms with Gasteiger partial charge in [-0.05, 0) is 49.8 Å². The van der Waals surface area contributed by atoms with Gasteiger partial charge in [-0.3, -0.25) is 14.3 Å². The topological polar surface area (TPSA) is 65.3 Å². The Hall–Kier alpha value is -3.54. The van der Waals surface area contributed by atoms with Crippen molar-refractivity contribution < 1.29 is 9.53 Å². The van der Waals surface area contributed by atoms with Crippen molar-refractivity contribution in [1.82, 2.24) is 9.36 Å². The molecule has 28 heavy (non-hydrogen) atoms. The second kappa shape index (κ2) is 8.00. The van der Waals surface area contributed by atoms with E-state index in [4.69, 9.17) is 4.74 Å². The Morgan fingerprint density at radius 3 is 2.54 bits per heavy atom. The lowest BCUT2D eigenvalue weighted by Crippen LogP contribution is -2.23. The van der Waals surface area contributed by atoms with Crippen LogP contribution in [0.1, 0.15) is 23.0 Å². The van der Waals surface area contributed by atoms with E-state index < -0.39 is 0 Å². The van der Waals surface area contributed by atoms with Gasteiger partial charge in [0.25, 0.3) is 11.5 Å². The number of ether oxygens (including phenoxy) is 1. The van der Waals surface area contributed by atoms with E-state index >= 15 is 0 Å². The molecule has 0 saturated carbocycles. The van der Waals surface area contributed by atoms with E-state index in [1.807, 2.05) is 37.3 Å². The summed E-state index contributed by atoms with van der Waals surface area (Å²) < 4.78 is 8.83. The highest BCUT2D eigenvalue weighted by Gasteiger charge is 2.19. The fourth-order valence-corrected chi connectivity index (χ4v) is 2.83. The number of anilines is 1. The Morgan fingerprint density at radius 1 is 1.14 bits per heavy atom. The molecule has 1 aromatic heterocycles. The van der Waals surface area contributed by atoms with Crippen molar-refractivity contribution in [3.8, 4) is 11.4 Å². The molecular weight excluding hydrogens is 354 g/mol. The van der Waals surface area contributed by atoms with E-state index in [1.54, 1.807) is 42.9 Å². The van der Waals surface area contributed by atoms with E-state index in [0.29, 0.717) is 23.6 Å².